The summed E-state index contributed by atoms with van der Waals surface area (Å²) in [6, 6.07) is 0.129. The van der Waals surface area contributed by atoms with E-state index in [1.807, 2.05) is 0 Å². The van der Waals surface area contributed by atoms with Gasteiger partial charge in [0.05, 0.1) is 12.5 Å². The van der Waals surface area contributed by atoms with Gasteiger partial charge in [0.15, 0.2) is 0 Å². The van der Waals surface area contributed by atoms with E-state index in [1.165, 1.54) is 0 Å². The van der Waals surface area contributed by atoms with Crippen molar-refractivity contribution >= 4 is 5.91 Å². The molecule has 0 spiro atoms. The Hall–Kier alpha value is -0.610. The van der Waals surface area contributed by atoms with Crippen LogP contribution in [0.4, 0.5) is 0 Å². The van der Waals surface area contributed by atoms with Crippen LogP contribution in [0.25, 0.3) is 0 Å². The number of ether oxygens (including phenoxy) is 1. The van der Waals surface area contributed by atoms with Gasteiger partial charge < -0.3 is 15.8 Å². The molecule has 0 bridgehead atoms. The Balaban J connectivity index is 2.31. The fourth-order valence-corrected chi connectivity index (χ4v) is 1.86. The molecule has 3 N–H and O–H groups in total. The van der Waals surface area contributed by atoms with Crippen molar-refractivity contribution in [2.75, 3.05) is 19.8 Å². The van der Waals surface area contributed by atoms with Crippen molar-refractivity contribution in [1.29, 1.82) is 0 Å². The van der Waals surface area contributed by atoms with Crippen LogP contribution in [0.5, 0.6) is 0 Å². The first-order valence-corrected chi connectivity index (χ1v) is 5.86. The van der Waals surface area contributed by atoms with Crippen LogP contribution in [0.1, 0.15) is 32.6 Å². The molecular weight excluding hydrogens is 192 g/mol. The smallest absolute Gasteiger partial charge is 0.225 e. The molecule has 0 aromatic rings. The molecule has 0 aliphatic carbocycles. The lowest BCUT2D eigenvalue weighted by atomic mass is 10.0. The molecule has 4 nitrogen and oxygen atoms in total. The quantitative estimate of drug-likeness (QED) is 0.706. The number of amides is 1. The van der Waals surface area contributed by atoms with Gasteiger partial charge in [0.1, 0.15) is 0 Å². The van der Waals surface area contributed by atoms with Crippen LogP contribution in [0.3, 0.4) is 0 Å². The van der Waals surface area contributed by atoms with E-state index < -0.39 is 0 Å². The standard InChI is InChI=1S/C11H22N2O2/c1-2-4-10(7-12)13-11(14)9-5-3-6-15-8-9/h9-10H,2-8,12H2,1H3,(H,13,14). The van der Waals surface area contributed by atoms with Gasteiger partial charge in [-0.15, -0.1) is 0 Å². The minimum Gasteiger partial charge on any atom is -0.381 e. The molecule has 4 heteroatoms. The molecule has 0 radical (unpaired) electrons. The van der Waals surface area contributed by atoms with Gasteiger partial charge in [0, 0.05) is 19.2 Å². The summed E-state index contributed by atoms with van der Waals surface area (Å²) in [7, 11) is 0. The van der Waals surface area contributed by atoms with E-state index in [-0.39, 0.29) is 17.9 Å². The van der Waals surface area contributed by atoms with Crippen molar-refractivity contribution in [3.63, 3.8) is 0 Å². The van der Waals surface area contributed by atoms with Crippen LogP contribution in [-0.2, 0) is 9.53 Å². The minimum absolute atomic E-state index is 0.0321. The fourth-order valence-electron chi connectivity index (χ4n) is 1.86. The Morgan fingerprint density at radius 1 is 1.67 bits per heavy atom. The molecule has 2 unspecified atom stereocenters. The van der Waals surface area contributed by atoms with E-state index in [1.54, 1.807) is 0 Å². The summed E-state index contributed by atoms with van der Waals surface area (Å²) in [5.74, 6) is 0.142. The summed E-state index contributed by atoms with van der Waals surface area (Å²) in [5.41, 5.74) is 5.59. The van der Waals surface area contributed by atoms with Crippen LogP contribution < -0.4 is 11.1 Å². The summed E-state index contributed by atoms with van der Waals surface area (Å²) in [4.78, 5) is 11.8. The number of nitrogens with two attached hydrogens (primary N) is 1. The Labute approximate surface area is 91.5 Å². The van der Waals surface area contributed by atoms with Gasteiger partial charge in [-0.1, -0.05) is 13.3 Å². The normalized spacial score (nSPS) is 23.5. The van der Waals surface area contributed by atoms with Gasteiger partial charge in [0.2, 0.25) is 5.91 Å². The van der Waals surface area contributed by atoms with E-state index in [0.29, 0.717) is 13.2 Å². The Kier molecular flexibility index (Phi) is 5.65. The van der Waals surface area contributed by atoms with E-state index >= 15 is 0 Å². The molecule has 1 aliphatic heterocycles. The zero-order valence-corrected chi connectivity index (χ0v) is 9.50. The largest absolute Gasteiger partial charge is 0.381 e. The van der Waals surface area contributed by atoms with Crippen molar-refractivity contribution in [3.8, 4) is 0 Å². The third-order valence-corrected chi connectivity index (χ3v) is 2.80. The zero-order valence-electron chi connectivity index (χ0n) is 9.50. The summed E-state index contributed by atoms with van der Waals surface area (Å²) >= 11 is 0. The van der Waals surface area contributed by atoms with Gasteiger partial charge in [-0.25, -0.2) is 0 Å². The van der Waals surface area contributed by atoms with E-state index in [4.69, 9.17) is 10.5 Å². The predicted octanol–water partition coefficient (Wildman–Crippen LogP) is 0.657. The summed E-state index contributed by atoms with van der Waals surface area (Å²) in [6.45, 7) is 3.97. The molecule has 1 fully saturated rings. The number of hydrogen-bond donors (Lipinski definition) is 2. The maximum atomic E-state index is 11.8. The maximum absolute atomic E-state index is 11.8. The molecule has 0 aromatic heterocycles. The molecule has 1 heterocycles. The van der Waals surface area contributed by atoms with E-state index in [2.05, 4.69) is 12.2 Å². The molecule has 1 rings (SSSR count). The molecule has 0 aromatic carbocycles. The molecule has 0 saturated carbocycles. The first-order chi connectivity index (χ1) is 7.27. The average molecular weight is 214 g/mol. The number of nitrogens with one attached hydrogen (secondary N) is 1. The van der Waals surface area contributed by atoms with Crippen molar-refractivity contribution in [1.82, 2.24) is 5.32 Å². The molecule has 88 valence electrons. The topological polar surface area (TPSA) is 64.3 Å². The number of carbonyl (C=O) groups excluding carboxylic acids is 1. The minimum atomic E-state index is 0.0321. The second-order valence-corrected chi connectivity index (χ2v) is 4.14. The second kappa shape index (κ2) is 6.80. The highest BCUT2D eigenvalue weighted by molar-refractivity contribution is 5.79. The van der Waals surface area contributed by atoms with Crippen molar-refractivity contribution in [3.05, 3.63) is 0 Å². The van der Waals surface area contributed by atoms with Gasteiger partial charge in [-0.3, -0.25) is 4.79 Å². The van der Waals surface area contributed by atoms with Crippen LogP contribution in [0.2, 0.25) is 0 Å². The average Bonchev–Trinajstić information content (AvgIpc) is 2.29. The number of hydrogen-bond acceptors (Lipinski definition) is 3. The van der Waals surface area contributed by atoms with Crippen molar-refractivity contribution in [2.45, 2.75) is 38.6 Å². The Morgan fingerprint density at radius 2 is 2.47 bits per heavy atom. The van der Waals surface area contributed by atoms with Crippen LogP contribution >= 0.6 is 0 Å². The Morgan fingerprint density at radius 3 is 3.00 bits per heavy atom. The van der Waals surface area contributed by atoms with Crippen LogP contribution in [0.15, 0.2) is 0 Å². The lowest BCUT2D eigenvalue weighted by Crippen LogP contribution is -2.44. The van der Waals surface area contributed by atoms with Crippen molar-refractivity contribution < 1.29 is 9.53 Å². The van der Waals surface area contributed by atoms with E-state index in [0.717, 1.165) is 32.3 Å². The summed E-state index contributed by atoms with van der Waals surface area (Å²) in [6.07, 6.45) is 3.92. The first-order valence-electron chi connectivity index (χ1n) is 5.86. The molecule has 1 amide bonds. The zero-order chi connectivity index (χ0) is 11.1. The van der Waals surface area contributed by atoms with E-state index in [9.17, 15) is 4.79 Å². The third kappa shape index (κ3) is 4.18. The highest BCUT2D eigenvalue weighted by Gasteiger charge is 2.23. The predicted molar refractivity (Wildman–Crippen MR) is 59.4 cm³/mol. The first kappa shape index (κ1) is 12.5. The molecule has 15 heavy (non-hydrogen) atoms. The van der Waals surface area contributed by atoms with Crippen LogP contribution in [0, 0.1) is 5.92 Å². The molecule has 1 aliphatic rings. The highest BCUT2D eigenvalue weighted by Crippen LogP contribution is 2.13. The molecular formula is C11H22N2O2. The highest BCUT2D eigenvalue weighted by atomic mass is 16.5. The SMILES string of the molecule is CCCC(CN)NC(=O)C1CCCOC1. The van der Waals surface area contributed by atoms with Gasteiger partial charge >= 0.3 is 0 Å². The number of rotatable bonds is 5. The molecule has 2 atom stereocenters. The van der Waals surface area contributed by atoms with Crippen LogP contribution in [-0.4, -0.2) is 31.7 Å². The lowest BCUT2D eigenvalue weighted by Gasteiger charge is -2.24. The molecule has 1 saturated heterocycles. The monoisotopic (exact) mass is 214 g/mol. The maximum Gasteiger partial charge on any atom is 0.225 e. The lowest BCUT2D eigenvalue weighted by molar-refractivity contribution is -0.129. The fraction of sp³-hybridized carbons (Fsp3) is 0.909. The third-order valence-electron chi connectivity index (χ3n) is 2.80. The van der Waals surface area contributed by atoms with Crippen molar-refractivity contribution in [2.24, 2.45) is 11.7 Å². The number of carbonyl (C=O) groups is 1. The summed E-state index contributed by atoms with van der Waals surface area (Å²) in [5, 5.41) is 2.99. The van der Waals surface area contributed by atoms with Gasteiger partial charge in [0.25, 0.3) is 0 Å². The van der Waals surface area contributed by atoms with Gasteiger partial charge in [-0.05, 0) is 19.3 Å². The summed E-state index contributed by atoms with van der Waals surface area (Å²) < 4.78 is 5.29. The van der Waals surface area contributed by atoms with Gasteiger partial charge in [-0.2, -0.15) is 0 Å². The second-order valence-electron chi connectivity index (χ2n) is 4.14. The Bertz CT molecular complexity index is 191.